The summed E-state index contributed by atoms with van der Waals surface area (Å²) in [5.74, 6) is 0.730. The lowest BCUT2D eigenvalue weighted by atomic mass is 10.1. The Hall–Kier alpha value is -3.29. The van der Waals surface area contributed by atoms with Crippen LogP contribution in [0.2, 0.25) is 5.02 Å². The van der Waals surface area contributed by atoms with Crippen LogP contribution in [0.4, 0.5) is 10.5 Å². The van der Waals surface area contributed by atoms with Crippen molar-refractivity contribution < 1.29 is 9.53 Å². The molecule has 2 heterocycles. The van der Waals surface area contributed by atoms with Crippen LogP contribution in [0.3, 0.4) is 0 Å². The molecule has 4 rings (SSSR count). The third-order valence-electron chi connectivity index (χ3n) is 4.87. The summed E-state index contributed by atoms with van der Waals surface area (Å²) in [4.78, 5) is 31.4. The van der Waals surface area contributed by atoms with Crippen LogP contribution in [0.5, 0.6) is 5.75 Å². The van der Waals surface area contributed by atoms with Gasteiger partial charge in [-0.15, -0.1) is 11.3 Å². The van der Waals surface area contributed by atoms with E-state index in [2.05, 4.69) is 10.3 Å². The van der Waals surface area contributed by atoms with E-state index in [-0.39, 0.29) is 18.1 Å². The number of rotatable bonds is 7. The van der Waals surface area contributed by atoms with Crippen LogP contribution in [0, 0.1) is 0 Å². The number of halogens is 1. The molecule has 0 aliphatic carbocycles. The first kappa shape index (κ1) is 21.9. The van der Waals surface area contributed by atoms with Crippen molar-refractivity contribution in [1.82, 2.24) is 9.88 Å². The number of pyridine rings is 1. The van der Waals surface area contributed by atoms with E-state index in [9.17, 15) is 9.59 Å². The topological polar surface area (TPSA) is 74.4 Å². The van der Waals surface area contributed by atoms with Crippen molar-refractivity contribution in [2.24, 2.45) is 0 Å². The second-order valence-corrected chi connectivity index (χ2v) is 8.65. The fourth-order valence-corrected chi connectivity index (χ4v) is 4.18. The Bertz CT molecular complexity index is 1270. The van der Waals surface area contributed by atoms with Crippen molar-refractivity contribution >= 4 is 45.6 Å². The van der Waals surface area contributed by atoms with Gasteiger partial charge in [-0.2, -0.15) is 0 Å². The van der Waals surface area contributed by atoms with Crippen LogP contribution in [0.1, 0.15) is 17.4 Å². The number of carbonyl (C=O) groups is 1. The number of amides is 2. The molecule has 8 heteroatoms. The molecule has 6 nitrogen and oxygen atoms in total. The molecule has 0 aliphatic rings. The summed E-state index contributed by atoms with van der Waals surface area (Å²) in [6.45, 7) is 3.01. The SMILES string of the molecule is CCOc1ccc2[nH]c(=O)c(CN(Cc3cccs3)C(=O)Nc3ccc(Cl)cc3)cc2c1. The lowest BCUT2D eigenvalue weighted by Crippen LogP contribution is -2.35. The first-order chi connectivity index (χ1) is 15.5. The number of aromatic nitrogens is 1. The van der Waals surface area contributed by atoms with E-state index in [1.807, 2.05) is 48.7 Å². The summed E-state index contributed by atoms with van der Waals surface area (Å²) in [6, 6.07) is 17.8. The van der Waals surface area contributed by atoms with Gasteiger partial charge in [-0.1, -0.05) is 17.7 Å². The molecule has 0 fully saturated rings. The predicted octanol–water partition coefficient (Wildman–Crippen LogP) is 5.88. The van der Waals surface area contributed by atoms with Crippen LogP contribution in [-0.4, -0.2) is 22.5 Å². The Morgan fingerprint density at radius 2 is 1.94 bits per heavy atom. The maximum absolute atomic E-state index is 13.1. The number of urea groups is 1. The highest BCUT2D eigenvalue weighted by Gasteiger charge is 2.18. The van der Waals surface area contributed by atoms with E-state index in [0.717, 1.165) is 21.5 Å². The molecule has 32 heavy (non-hydrogen) atoms. The molecule has 0 unspecified atom stereocenters. The second-order valence-electron chi connectivity index (χ2n) is 7.18. The molecule has 0 saturated heterocycles. The van der Waals surface area contributed by atoms with E-state index in [0.29, 0.717) is 29.4 Å². The van der Waals surface area contributed by atoms with Crippen molar-refractivity contribution in [1.29, 1.82) is 0 Å². The third-order valence-corrected chi connectivity index (χ3v) is 5.99. The summed E-state index contributed by atoms with van der Waals surface area (Å²) in [7, 11) is 0. The number of thiophene rings is 1. The molecule has 2 amide bonds. The minimum atomic E-state index is -0.303. The minimum absolute atomic E-state index is 0.154. The predicted molar refractivity (Wildman–Crippen MR) is 130 cm³/mol. The zero-order chi connectivity index (χ0) is 22.5. The van der Waals surface area contributed by atoms with Crippen molar-refractivity contribution in [3.63, 3.8) is 0 Å². The lowest BCUT2D eigenvalue weighted by molar-refractivity contribution is 0.207. The van der Waals surface area contributed by atoms with Gasteiger partial charge in [0.15, 0.2) is 0 Å². The molecule has 2 aromatic carbocycles. The summed E-state index contributed by atoms with van der Waals surface area (Å²) in [6.07, 6.45) is 0. The number of aromatic amines is 1. The molecular weight excluding hydrogens is 446 g/mol. The van der Waals surface area contributed by atoms with Crippen LogP contribution < -0.4 is 15.6 Å². The fourth-order valence-electron chi connectivity index (χ4n) is 3.34. The first-order valence-corrected chi connectivity index (χ1v) is 11.4. The zero-order valence-electron chi connectivity index (χ0n) is 17.4. The average molecular weight is 468 g/mol. The van der Waals surface area contributed by atoms with Crippen molar-refractivity contribution in [2.45, 2.75) is 20.0 Å². The molecular formula is C24H22ClN3O3S. The van der Waals surface area contributed by atoms with Crippen LogP contribution in [0.15, 0.2) is 70.8 Å². The van der Waals surface area contributed by atoms with Gasteiger partial charge in [0.25, 0.3) is 5.56 Å². The highest BCUT2D eigenvalue weighted by molar-refractivity contribution is 7.09. The molecule has 0 saturated carbocycles. The van der Waals surface area contributed by atoms with Gasteiger partial charge in [-0.05, 0) is 66.9 Å². The maximum atomic E-state index is 13.1. The molecule has 0 atom stereocenters. The van der Waals surface area contributed by atoms with Gasteiger partial charge in [-0.3, -0.25) is 4.79 Å². The average Bonchev–Trinajstić information content (AvgIpc) is 3.29. The van der Waals surface area contributed by atoms with Gasteiger partial charge in [0.05, 0.1) is 19.7 Å². The first-order valence-electron chi connectivity index (χ1n) is 10.1. The van der Waals surface area contributed by atoms with Crippen molar-refractivity contribution in [3.8, 4) is 5.75 Å². The normalized spacial score (nSPS) is 10.8. The largest absolute Gasteiger partial charge is 0.494 e. The summed E-state index contributed by atoms with van der Waals surface area (Å²) in [5, 5.41) is 6.28. The Kier molecular flexibility index (Phi) is 6.78. The zero-order valence-corrected chi connectivity index (χ0v) is 19.0. The molecule has 0 aliphatic heterocycles. The number of hydrogen-bond acceptors (Lipinski definition) is 4. The molecule has 4 aromatic rings. The summed E-state index contributed by atoms with van der Waals surface area (Å²) in [5.41, 5.74) is 1.62. The molecule has 2 N–H and O–H groups in total. The number of benzene rings is 2. The number of nitrogens with one attached hydrogen (secondary N) is 2. The van der Waals surface area contributed by atoms with Gasteiger partial charge in [0.1, 0.15) is 5.75 Å². The number of H-pyrrole nitrogens is 1. The van der Waals surface area contributed by atoms with Crippen LogP contribution in [0.25, 0.3) is 10.9 Å². The molecule has 0 bridgehead atoms. The smallest absolute Gasteiger partial charge is 0.322 e. The van der Waals surface area contributed by atoms with Crippen molar-refractivity contribution in [2.75, 3.05) is 11.9 Å². The fraction of sp³-hybridized carbons (Fsp3) is 0.167. The maximum Gasteiger partial charge on any atom is 0.322 e. The number of fused-ring (bicyclic) bond motifs is 1. The van der Waals surface area contributed by atoms with Gasteiger partial charge >= 0.3 is 6.03 Å². The minimum Gasteiger partial charge on any atom is -0.494 e. The summed E-state index contributed by atoms with van der Waals surface area (Å²) < 4.78 is 5.57. The Labute approximate surface area is 194 Å². The highest BCUT2D eigenvalue weighted by atomic mass is 35.5. The van der Waals surface area contributed by atoms with Gasteiger partial charge < -0.3 is 19.9 Å². The van der Waals surface area contributed by atoms with E-state index in [1.165, 1.54) is 0 Å². The summed E-state index contributed by atoms with van der Waals surface area (Å²) >= 11 is 7.50. The van der Waals surface area contributed by atoms with E-state index in [4.69, 9.17) is 16.3 Å². The molecule has 0 spiro atoms. The monoisotopic (exact) mass is 467 g/mol. The van der Waals surface area contributed by atoms with Gasteiger partial charge in [0, 0.05) is 32.1 Å². The van der Waals surface area contributed by atoms with E-state index < -0.39 is 0 Å². The van der Waals surface area contributed by atoms with Gasteiger partial charge in [-0.25, -0.2) is 4.79 Å². The second kappa shape index (κ2) is 9.89. The lowest BCUT2D eigenvalue weighted by Gasteiger charge is -2.22. The number of anilines is 1. The quantitative estimate of drug-likeness (QED) is 0.356. The van der Waals surface area contributed by atoms with E-state index in [1.54, 1.807) is 40.5 Å². The highest BCUT2D eigenvalue weighted by Crippen LogP contribution is 2.21. The molecule has 2 aromatic heterocycles. The van der Waals surface area contributed by atoms with E-state index >= 15 is 0 Å². The molecule has 164 valence electrons. The third kappa shape index (κ3) is 5.30. The number of hydrogen-bond donors (Lipinski definition) is 2. The van der Waals surface area contributed by atoms with Crippen LogP contribution >= 0.6 is 22.9 Å². The van der Waals surface area contributed by atoms with Crippen LogP contribution in [-0.2, 0) is 13.1 Å². The number of nitrogens with zero attached hydrogens (tertiary/aromatic N) is 1. The van der Waals surface area contributed by atoms with Gasteiger partial charge in [0.2, 0.25) is 0 Å². The standard InChI is InChI=1S/C24H22ClN3O3S/c1-2-31-20-9-10-22-16(13-20)12-17(23(29)27-22)14-28(15-21-4-3-11-32-21)24(30)26-19-7-5-18(25)6-8-19/h3-13H,2,14-15H2,1H3,(H,26,30)(H,27,29). The number of carbonyl (C=O) groups excluding carboxylic acids is 1. The number of ether oxygens (including phenoxy) is 1. The Balaban J connectivity index is 1.62. The molecule has 0 radical (unpaired) electrons. The van der Waals surface area contributed by atoms with Crippen molar-refractivity contribution in [3.05, 3.63) is 91.9 Å². The Morgan fingerprint density at radius 1 is 1.12 bits per heavy atom. The Morgan fingerprint density at radius 3 is 2.66 bits per heavy atom.